The van der Waals surface area contributed by atoms with E-state index in [1.807, 2.05) is 0 Å². The van der Waals surface area contributed by atoms with Crippen LogP contribution in [0.5, 0.6) is 0 Å². The Kier molecular flexibility index (Phi) is 5.01. The highest BCUT2D eigenvalue weighted by Crippen LogP contribution is 2.30. The van der Waals surface area contributed by atoms with Crippen LogP contribution in [-0.4, -0.2) is 16.8 Å². The molecule has 2 nitrogen and oxygen atoms in total. The van der Waals surface area contributed by atoms with Crippen molar-refractivity contribution < 1.29 is 9.18 Å². The molecule has 0 spiro atoms. The molecule has 1 fully saturated rings. The summed E-state index contributed by atoms with van der Waals surface area (Å²) in [5, 5.41) is 3.87. The zero-order chi connectivity index (χ0) is 13.9. The molecule has 0 saturated heterocycles. The summed E-state index contributed by atoms with van der Waals surface area (Å²) in [6.07, 6.45) is 5.48. The van der Waals surface area contributed by atoms with Crippen LogP contribution in [-0.2, 0) is 0 Å². The Balaban J connectivity index is 2.15. The Hall–Kier alpha value is -0.420. The minimum Gasteiger partial charge on any atom is -0.346 e. The van der Waals surface area contributed by atoms with E-state index in [9.17, 15) is 9.18 Å². The normalized spacial score (nSPS) is 18.1. The molecule has 0 heterocycles. The Labute approximate surface area is 129 Å². The molecule has 1 aromatic carbocycles. The summed E-state index contributed by atoms with van der Waals surface area (Å²) in [6.45, 7) is 0. The smallest absolute Gasteiger partial charge is 0.252 e. The molecule has 0 radical (unpaired) electrons. The molecule has 0 bridgehead atoms. The summed E-state index contributed by atoms with van der Waals surface area (Å²) in [7, 11) is 0. The number of amides is 1. The van der Waals surface area contributed by atoms with E-state index in [0.29, 0.717) is 10.0 Å². The average molecular weight is 393 g/mol. The molecule has 1 aliphatic rings. The molecule has 1 aliphatic carbocycles. The summed E-state index contributed by atoms with van der Waals surface area (Å²) < 4.78 is 13.5. The van der Waals surface area contributed by atoms with Crippen LogP contribution in [0.3, 0.4) is 0 Å². The van der Waals surface area contributed by atoms with E-state index in [2.05, 4.69) is 37.2 Å². The second kappa shape index (κ2) is 6.35. The fourth-order valence-electron chi connectivity index (χ4n) is 2.50. The van der Waals surface area contributed by atoms with Gasteiger partial charge in [-0.25, -0.2) is 4.39 Å². The number of hydrogen-bond acceptors (Lipinski definition) is 1. The van der Waals surface area contributed by atoms with E-state index in [1.54, 1.807) is 0 Å². The van der Waals surface area contributed by atoms with Gasteiger partial charge in [0.1, 0.15) is 5.82 Å². The van der Waals surface area contributed by atoms with Crippen molar-refractivity contribution in [3.05, 3.63) is 34.1 Å². The lowest BCUT2D eigenvalue weighted by atomic mass is 9.83. The predicted octanol–water partition coefficient (Wildman–Crippen LogP) is 4.42. The average Bonchev–Trinajstić information content (AvgIpc) is 2.39. The lowest BCUT2D eigenvalue weighted by molar-refractivity contribution is 0.0885. The Morgan fingerprint density at radius 3 is 2.58 bits per heavy atom. The number of alkyl halides is 1. The quantitative estimate of drug-likeness (QED) is 0.758. The fraction of sp³-hybridized carbons (Fsp3) is 0.500. The molecule has 104 valence electrons. The lowest BCUT2D eigenvalue weighted by Crippen LogP contribution is -2.51. The number of nitrogens with one attached hydrogen (secondary N) is 1. The van der Waals surface area contributed by atoms with Crippen LogP contribution in [0, 0.1) is 5.82 Å². The van der Waals surface area contributed by atoms with E-state index in [0.717, 1.165) is 31.0 Å². The number of carbonyl (C=O) groups excluding carboxylic acids is 1. The molecule has 5 heteroatoms. The SMILES string of the molecule is O=C(NC1(CBr)CCCCC1)c1ccc(F)cc1Br. The van der Waals surface area contributed by atoms with Crippen LogP contribution in [0.4, 0.5) is 4.39 Å². The highest BCUT2D eigenvalue weighted by atomic mass is 79.9. The summed E-state index contributed by atoms with van der Waals surface area (Å²) in [4.78, 5) is 12.3. The molecular formula is C14H16Br2FNO. The van der Waals surface area contributed by atoms with Gasteiger partial charge in [0, 0.05) is 9.80 Å². The molecule has 2 rings (SSSR count). The standard InChI is InChI=1S/C14H16Br2FNO/c15-9-14(6-2-1-3-7-14)18-13(19)11-5-4-10(17)8-12(11)16/h4-5,8H,1-3,6-7,9H2,(H,18,19). The Bertz CT molecular complexity index is 473. The molecule has 0 aromatic heterocycles. The molecule has 1 aromatic rings. The molecule has 0 unspecified atom stereocenters. The third kappa shape index (κ3) is 3.57. The van der Waals surface area contributed by atoms with Gasteiger partial charge >= 0.3 is 0 Å². The third-order valence-corrected chi connectivity index (χ3v) is 5.35. The van der Waals surface area contributed by atoms with Gasteiger partial charge in [0.2, 0.25) is 0 Å². The number of halogens is 3. The van der Waals surface area contributed by atoms with Crippen molar-refractivity contribution in [3.8, 4) is 0 Å². The molecule has 19 heavy (non-hydrogen) atoms. The van der Waals surface area contributed by atoms with Crippen LogP contribution in [0.15, 0.2) is 22.7 Å². The summed E-state index contributed by atoms with van der Waals surface area (Å²) in [6, 6.07) is 4.14. The van der Waals surface area contributed by atoms with Gasteiger partial charge in [0.05, 0.1) is 11.1 Å². The third-order valence-electron chi connectivity index (χ3n) is 3.62. The minimum atomic E-state index is -0.351. The topological polar surface area (TPSA) is 29.1 Å². The largest absolute Gasteiger partial charge is 0.346 e. The maximum absolute atomic E-state index is 13.0. The minimum absolute atomic E-state index is 0.145. The predicted molar refractivity (Wildman–Crippen MR) is 81.2 cm³/mol. The molecule has 1 saturated carbocycles. The first-order valence-electron chi connectivity index (χ1n) is 6.40. The van der Waals surface area contributed by atoms with E-state index in [1.165, 1.54) is 24.6 Å². The second-order valence-electron chi connectivity index (χ2n) is 5.05. The van der Waals surface area contributed by atoms with Gasteiger partial charge < -0.3 is 5.32 Å². The zero-order valence-electron chi connectivity index (χ0n) is 10.5. The van der Waals surface area contributed by atoms with E-state index in [-0.39, 0.29) is 17.3 Å². The first-order valence-corrected chi connectivity index (χ1v) is 8.31. The molecular weight excluding hydrogens is 377 g/mol. The number of hydrogen-bond donors (Lipinski definition) is 1. The summed E-state index contributed by atoms with van der Waals surface area (Å²) in [5.41, 5.74) is 0.315. The molecule has 1 N–H and O–H groups in total. The fourth-order valence-corrected chi connectivity index (χ4v) is 3.73. The van der Waals surface area contributed by atoms with Crippen LogP contribution in [0.25, 0.3) is 0 Å². The number of rotatable bonds is 3. The highest BCUT2D eigenvalue weighted by Gasteiger charge is 2.33. The van der Waals surface area contributed by atoms with Crippen LogP contribution in [0.2, 0.25) is 0 Å². The van der Waals surface area contributed by atoms with Crippen LogP contribution >= 0.6 is 31.9 Å². The van der Waals surface area contributed by atoms with Gasteiger partial charge in [-0.05, 0) is 47.0 Å². The van der Waals surface area contributed by atoms with E-state index < -0.39 is 0 Å². The van der Waals surface area contributed by atoms with Crippen LogP contribution < -0.4 is 5.32 Å². The molecule has 0 atom stereocenters. The molecule has 0 aliphatic heterocycles. The second-order valence-corrected chi connectivity index (χ2v) is 6.47. The summed E-state index contributed by atoms with van der Waals surface area (Å²) in [5.74, 6) is -0.496. The van der Waals surface area contributed by atoms with Crippen molar-refractivity contribution in [3.63, 3.8) is 0 Å². The lowest BCUT2D eigenvalue weighted by Gasteiger charge is -2.36. The van der Waals surface area contributed by atoms with Crippen molar-refractivity contribution in [2.75, 3.05) is 5.33 Å². The van der Waals surface area contributed by atoms with Crippen molar-refractivity contribution in [2.24, 2.45) is 0 Å². The van der Waals surface area contributed by atoms with Gasteiger partial charge in [-0.15, -0.1) is 0 Å². The van der Waals surface area contributed by atoms with Gasteiger partial charge in [-0.3, -0.25) is 4.79 Å². The van der Waals surface area contributed by atoms with Gasteiger partial charge in [0.25, 0.3) is 5.91 Å². The van der Waals surface area contributed by atoms with E-state index in [4.69, 9.17) is 0 Å². The first-order chi connectivity index (χ1) is 9.06. The molecule has 1 amide bonds. The maximum atomic E-state index is 13.0. The van der Waals surface area contributed by atoms with Crippen molar-refractivity contribution >= 4 is 37.8 Å². The number of carbonyl (C=O) groups is 1. The van der Waals surface area contributed by atoms with Crippen molar-refractivity contribution in [1.29, 1.82) is 0 Å². The Morgan fingerprint density at radius 2 is 2.00 bits per heavy atom. The van der Waals surface area contributed by atoms with Gasteiger partial charge in [-0.2, -0.15) is 0 Å². The van der Waals surface area contributed by atoms with E-state index >= 15 is 0 Å². The van der Waals surface area contributed by atoms with Crippen LogP contribution in [0.1, 0.15) is 42.5 Å². The highest BCUT2D eigenvalue weighted by molar-refractivity contribution is 9.10. The summed E-state index contributed by atoms with van der Waals surface area (Å²) >= 11 is 6.75. The van der Waals surface area contributed by atoms with Crippen molar-refractivity contribution in [1.82, 2.24) is 5.32 Å². The zero-order valence-corrected chi connectivity index (χ0v) is 13.7. The number of benzene rings is 1. The Morgan fingerprint density at radius 1 is 1.32 bits per heavy atom. The van der Waals surface area contributed by atoms with Gasteiger partial charge in [0.15, 0.2) is 0 Å². The van der Waals surface area contributed by atoms with Crippen molar-refractivity contribution in [2.45, 2.75) is 37.6 Å². The first kappa shape index (κ1) is 15.0. The maximum Gasteiger partial charge on any atom is 0.252 e. The van der Waals surface area contributed by atoms with Gasteiger partial charge in [-0.1, -0.05) is 35.2 Å². The monoisotopic (exact) mass is 391 g/mol.